The minimum atomic E-state index is -0.774. The normalized spacial score (nSPS) is 17.4. The van der Waals surface area contributed by atoms with Crippen LogP contribution in [0, 0.1) is 0 Å². The van der Waals surface area contributed by atoms with Crippen LogP contribution < -0.4 is 11.1 Å². The fourth-order valence-electron chi connectivity index (χ4n) is 2.61. The van der Waals surface area contributed by atoms with Crippen molar-refractivity contribution in [2.45, 2.75) is 12.6 Å². The van der Waals surface area contributed by atoms with E-state index in [4.69, 9.17) is 10.5 Å². The zero-order valence-corrected chi connectivity index (χ0v) is 14.1. The van der Waals surface area contributed by atoms with E-state index in [-0.39, 0.29) is 24.7 Å². The largest absolute Gasteiger partial charge is 0.369 e. The summed E-state index contributed by atoms with van der Waals surface area (Å²) in [6.45, 7) is 0.393. The molecule has 3 rings (SSSR count). The molecule has 130 valence electrons. The van der Waals surface area contributed by atoms with E-state index in [0.717, 1.165) is 4.88 Å². The lowest BCUT2D eigenvalue weighted by Crippen LogP contribution is -2.54. The number of amides is 3. The summed E-state index contributed by atoms with van der Waals surface area (Å²) in [4.78, 5) is 38.9. The van der Waals surface area contributed by atoms with E-state index in [1.807, 2.05) is 17.5 Å². The molecule has 2 aromatic rings. The number of morpholine rings is 1. The second-order valence-corrected chi connectivity index (χ2v) is 6.56. The van der Waals surface area contributed by atoms with Crippen molar-refractivity contribution in [3.05, 3.63) is 52.2 Å². The van der Waals surface area contributed by atoms with E-state index in [0.29, 0.717) is 12.2 Å². The third-order valence-corrected chi connectivity index (χ3v) is 4.72. The summed E-state index contributed by atoms with van der Waals surface area (Å²) in [5.41, 5.74) is 5.86. The van der Waals surface area contributed by atoms with Gasteiger partial charge in [0.15, 0.2) is 0 Å². The van der Waals surface area contributed by atoms with Gasteiger partial charge >= 0.3 is 0 Å². The number of nitrogens with two attached hydrogens (primary N) is 1. The summed E-state index contributed by atoms with van der Waals surface area (Å²) in [7, 11) is 0. The predicted octanol–water partition coefficient (Wildman–Crippen LogP) is 1.21. The van der Waals surface area contributed by atoms with Gasteiger partial charge in [-0.05, 0) is 23.6 Å². The second-order valence-electron chi connectivity index (χ2n) is 5.53. The minimum Gasteiger partial charge on any atom is -0.369 e. The molecule has 2 heterocycles. The second kappa shape index (κ2) is 7.45. The van der Waals surface area contributed by atoms with Gasteiger partial charge in [-0.3, -0.25) is 14.4 Å². The van der Waals surface area contributed by atoms with Crippen LogP contribution in [0.5, 0.6) is 0 Å². The number of hydrogen-bond acceptors (Lipinski definition) is 5. The molecule has 0 aliphatic carbocycles. The third-order valence-electron chi connectivity index (χ3n) is 3.86. The van der Waals surface area contributed by atoms with Crippen molar-refractivity contribution in [1.29, 1.82) is 0 Å². The number of ether oxygens (including phenoxy) is 1. The Hall–Kier alpha value is -2.71. The average Bonchev–Trinajstić information content (AvgIpc) is 3.10. The standard InChI is InChI=1S/C17H17N3O4S/c18-16(22)12-5-1-2-6-13(12)19-17(23)14-9-24-10-15(21)20(14)8-11-4-3-7-25-11/h1-7,14H,8-10H2,(H2,18,22)(H,19,23)/t14-/m0/s1. The molecule has 0 saturated carbocycles. The van der Waals surface area contributed by atoms with Crippen LogP contribution in [-0.4, -0.2) is 41.9 Å². The van der Waals surface area contributed by atoms with Crippen molar-refractivity contribution in [3.63, 3.8) is 0 Å². The molecule has 0 unspecified atom stereocenters. The Labute approximate surface area is 148 Å². The zero-order valence-electron chi connectivity index (χ0n) is 13.3. The van der Waals surface area contributed by atoms with Gasteiger partial charge in [-0.2, -0.15) is 0 Å². The maximum Gasteiger partial charge on any atom is 0.250 e. The fraction of sp³-hybridized carbons (Fsp3) is 0.235. The lowest BCUT2D eigenvalue weighted by Gasteiger charge is -2.34. The van der Waals surface area contributed by atoms with Crippen LogP contribution >= 0.6 is 11.3 Å². The number of carbonyl (C=O) groups excluding carboxylic acids is 3. The van der Waals surface area contributed by atoms with Crippen LogP contribution in [0.15, 0.2) is 41.8 Å². The molecular formula is C17H17N3O4S. The summed E-state index contributed by atoms with van der Waals surface area (Å²) in [6.07, 6.45) is 0. The highest BCUT2D eigenvalue weighted by atomic mass is 32.1. The van der Waals surface area contributed by atoms with Gasteiger partial charge in [0, 0.05) is 4.88 Å². The highest BCUT2D eigenvalue weighted by Crippen LogP contribution is 2.20. The SMILES string of the molecule is NC(=O)c1ccccc1NC(=O)[C@@H]1COCC(=O)N1Cc1cccs1. The van der Waals surface area contributed by atoms with Crippen LogP contribution in [-0.2, 0) is 20.9 Å². The third kappa shape index (κ3) is 3.86. The molecule has 1 aromatic carbocycles. The molecule has 1 aliphatic rings. The highest BCUT2D eigenvalue weighted by Gasteiger charge is 2.34. The Morgan fingerprint density at radius 2 is 2.08 bits per heavy atom. The Morgan fingerprint density at radius 3 is 2.80 bits per heavy atom. The maximum atomic E-state index is 12.7. The molecule has 3 amide bonds. The van der Waals surface area contributed by atoms with Gasteiger partial charge in [0.2, 0.25) is 11.8 Å². The molecule has 8 heteroatoms. The smallest absolute Gasteiger partial charge is 0.250 e. The number of benzene rings is 1. The summed E-state index contributed by atoms with van der Waals surface area (Å²) in [5.74, 6) is -1.30. The van der Waals surface area contributed by atoms with Gasteiger partial charge < -0.3 is 20.7 Å². The van der Waals surface area contributed by atoms with Crippen molar-refractivity contribution in [2.24, 2.45) is 5.73 Å². The highest BCUT2D eigenvalue weighted by molar-refractivity contribution is 7.09. The first-order valence-electron chi connectivity index (χ1n) is 7.65. The number of primary amides is 1. The number of thiophene rings is 1. The van der Waals surface area contributed by atoms with E-state index in [1.54, 1.807) is 18.2 Å². The van der Waals surface area contributed by atoms with Gasteiger partial charge in [-0.25, -0.2) is 0 Å². The lowest BCUT2D eigenvalue weighted by atomic mass is 10.1. The summed E-state index contributed by atoms with van der Waals surface area (Å²) >= 11 is 1.52. The predicted molar refractivity (Wildman–Crippen MR) is 93.1 cm³/mol. The summed E-state index contributed by atoms with van der Waals surface area (Å²) in [6, 6.07) is 9.49. The van der Waals surface area contributed by atoms with Crippen LogP contribution in [0.4, 0.5) is 5.69 Å². The summed E-state index contributed by atoms with van der Waals surface area (Å²) in [5, 5.41) is 4.60. The van der Waals surface area contributed by atoms with Gasteiger partial charge in [0.1, 0.15) is 12.6 Å². The molecule has 0 radical (unpaired) electrons. The minimum absolute atomic E-state index is 0.0486. The number of nitrogens with one attached hydrogen (secondary N) is 1. The van der Waals surface area contributed by atoms with E-state index < -0.39 is 17.9 Å². The number of carbonyl (C=O) groups is 3. The van der Waals surface area contributed by atoms with E-state index in [1.165, 1.54) is 22.3 Å². The monoisotopic (exact) mass is 359 g/mol. The fourth-order valence-corrected chi connectivity index (χ4v) is 3.32. The van der Waals surface area contributed by atoms with Crippen LogP contribution in [0.2, 0.25) is 0 Å². The number of hydrogen-bond donors (Lipinski definition) is 2. The molecule has 1 saturated heterocycles. The first kappa shape index (κ1) is 17.1. The number of anilines is 1. The van der Waals surface area contributed by atoms with Crippen molar-refractivity contribution >= 4 is 34.7 Å². The van der Waals surface area contributed by atoms with Crippen molar-refractivity contribution in [1.82, 2.24) is 4.90 Å². The van der Waals surface area contributed by atoms with Crippen LogP contribution in [0.3, 0.4) is 0 Å². The molecule has 0 spiro atoms. The van der Waals surface area contributed by atoms with Gasteiger partial charge in [0.25, 0.3) is 5.91 Å². The van der Waals surface area contributed by atoms with Crippen molar-refractivity contribution in [2.75, 3.05) is 18.5 Å². The molecule has 1 aromatic heterocycles. The topological polar surface area (TPSA) is 102 Å². The van der Waals surface area contributed by atoms with Crippen LogP contribution in [0.1, 0.15) is 15.2 Å². The Bertz CT molecular complexity index is 791. The molecule has 1 aliphatic heterocycles. The first-order valence-corrected chi connectivity index (χ1v) is 8.53. The van der Waals surface area contributed by atoms with Gasteiger partial charge in [0.05, 0.1) is 24.4 Å². The average molecular weight is 359 g/mol. The van der Waals surface area contributed by atoms with Crippen molar-refractivity contribution in [3.8, 4) is 0 Å². The van der Waals surface area contributed by atoms with Gasteiger partial charge in [-0.15, -0.1) is 11.3 Å². The molecule has 0 bridgehead atoms. The summed E-state index contributed by atoms with van der Waals surface area (Å²) < 4.78 is 5.24. The van der Waals surface area contributed by atoms with E-state index in [2.05, 4.69) is 5.32 Å². The van der Waals surface area contributed by atoms with Crippen molar-refractivity contribution < 1.29 is 19.1 Å². The molecule has 1 atom stereocenters. The van der Waals surface area contributed by atoms with E-state index >= 15 is 0 Å². The first-order chi connectivity index (χ1) is 12.1. The molecule has 25 heavy (non-hydrogen) atoms. The number of nitrogens with zero attached hydrogens (tertiary/aromatic N) is 1. The van der Waals surface area contributed by atoms with E-state index in [9.17, 15) is 14.4 Å². The van der Waals surface area contributed by atoms with Gasteiger partial charge in [-0.1, -0.05) is 18.2 Å². The maximum absolute atomic E-state index is 12.7. The van der Waals surface area contributed by atoms with Crippen LogP contribution in [0.25, 0.3) is 0 Å². The number of para-hydroxylation sites is 1. The molecule has 7 nitrogen and oxygen atoms in total. The number of rotatable bonds is 5. The Morgan fingerprint density at radius 1 is 1.28 bits per heavy atom. The molecule has 1 fully saturated rings. The zero-order chi connectivity index (χ0) is 17.8. The molecular weight excluding hydrogens is 342 g/mol. The quantitative estimate of drug-likeness (QED) is 0.838. The lowest BCUT2D eigenvalue weighted by molar-refractivity contribution is -0.153. The Balaban J connectivity index is 1.79. The molecule has 3 N–H and O–H groups in total. The Kier molecular flexibility index (Phi) is 5.11.